The largest absolute Gasteiger partial charge is 0.450 e. The molecule has 6 heteroatoms. The minimum absolute atomic E-state index is 0.162. The van der Waals surface area contributed by atoms with Gasteiger partial charge in [-0.15, -0.1) is 11.3 Å². The molecular weight excluding hydrogens is 229 g/mol. The Kier molecular flexibility index (Phi) is 3.28. The zero-order chi connectivity index (χ0) is 11.6. The zero-order valence-corrected chi connectivity index (χ0v) is 8.54. The second-order valence-electron chi connectivity index (χ2n) is 2.97. The van der Waals surface area contributed by atoms with Crippen LogP contribution in [0, 0.1) is 6.92 Å². The Morgan fingerprint density at radius 2 is 2.00 bits per heavy atom. The summed E-state index contributed by atoms with van der Waals surface area (Å²) in [5, 5.41) is 1.45. The van der Waals surface area contributed by atoms with Crippen LogP contribution in [-0.4, -0.2) is 17.7 Å². The summed E-state index contributed by atoms with van der Waals surface area (Å²) in [7, 11) is 0. The lowest BCUT2D eigenvalue weighted by Gasteiger charge is -2.02. The second kappa shape index (κ2) is 4.14. The Morgan fingerprint density at radius 1 is 1.40 bits per heavy atom. The first-order valence-corrected chi connectivity index (χ1v) is 4.87. The van der Waals surface area contributed by atoms with Crippen LogP contribution in [0.15, 0.2) is 11.4 Å². The molecule has 0 spiro atoms. The molecule has 0 aromatic carbocycles. The Bertz CT molecular complexity index is 392. The summed E-state index contributed by atoms with van der Waals surface area (Å²) in [6.07, 6.45) is -6.04. The van der Waals surface area contributed by atoms with Gasteiger partial charge in [-0.2, -0.15) is 13.2 Å². The van der Waals surface area contributed by atoms with E-state index in [0.29, 0.717) is 0 Å². The number of alkyl halides is 3. The quantitative estimate of drug-likeness (QED) is 0.597. The van der Waals surface area contributed by atoms with Crippen LogP contribution in [0.25, 0.3) is 0 Å². The van der Waals surface area contributed by atoms with Crippen LogP contribution < -0.4 is 0 Å². The van der Waals surface area contributed by atoms with Crippen molar-refractivity contribution >= 4 is 22.9 Å². The van der Waals surface area contributed by atoms with Crippen LogP contribution in [0.3, 0.4) is 0 Å². The van der Waals surface area contributed by atoms with Crippen LogP contribution in [-0.2, 0) is 4.79 Å². The molecule has 0 aliphatic rings. The van der Waals surface area contributed by atoms with E-state index < -0.39 is 24.2 Å². The standard InChI is InChI=1S/C9H7F3O2S/c1-5-2-6(4-15-5)7(13)3-8(14)9(10,11)12/h2,4H,3H2,1H3. The molecule has 0 atom stereocenters. The second-order valence-corrected chi connectivity index (χ2v) is 4.08. The molecule has 0 saturated heterocycles. The van der Waals surface area contributed by atoms with Crippen LogP contribution >= 0.6 is 11.3 Å². The monoisotopic (exact) mass is 236 g/mol. The zero-order valence-electron chi connectivity index (χ0n) is 7.72. The molecule has 1 heterocycles. The average Bonchev–Trinajstić information content (AvgIpc) is 2.50. The Balaban J connectivity index is 2.69. The number of thiophene rings is 1. The average molecular weight is 236 g/mol. The molecule has 0 fully saturated rings. The summed E-state index contributed by atoms with van der Waals surface area (Å²) < 4.78 is 35.5. The maximum Gasteiger partial charge on any atom is 0.450 e. The summed E-state index contributed by atoms with van der Waals surface area (Å²) in [6, 6.07) is 1.47. The Labute approximate surface area is 87.7 Å². The third-order valence-corrected chi connectivity index (χ3v) is 2.55. The van der Waals surface area contributed by atoms with Gasteiger partial charge in [0.1, 0.15) is 0 Å². The van der Waals surface area contributed by atoms with Crippen molar-refractivity contribution in [3.05, 3.63) is 21.9 Å². The first-order valence-electron chi connectivity index (χ1n) is 3.99. The minimum atomic E-state index is -4.93. The molecule has 0 radical (unpaired) electrons. The summed E-state index contributed by atoms with van der Waals surface area (Å²) in [4.78, 5) is 22.5. The number of ketones is 2. The lowest BCUT2D eigenvalue weighted by molar-refractivity contribution is -0.170. The summed E-state index contributed by atoms with van der Waals surface area (Å²) in [6.45, 7) is 1.73. The van der Waals surface area contributed by atoms with E-state index in [9.17, 15) is 22.8 Å². The van der Waals surface area contributed by atoms with E-state index in [-0.39, 0.29) is 5.56 Å². The third-order valence-electron chi connectivity index (χ3n) is 1.69. The predicted octanol–water partition coefficient (Wildman–Crippen LogP) is 2.76. The van der Waals surface area contributed by atoms with Gasteiger partial charge >= 0.3 is 6.18 Å². The molecule has 0 saturated carbocycles. The van der Waals surface area contributed by atoms with Gasteiger partial charge in [0.15, 0.2) is 5.78 Å². The van der Waals surface area contributed by atoms with Crippen molar-refractivity contribution in [1.29, 1.82) is 0 Å². The SMILES string of the molecule is Cc1cc(C(=O)CC(=O)C(F)(F)F)cs1. The normalized spacial score (nSPS) is 11.5. The van der Waals surface area contributed by atoms with E-state index >= 15 is 0 Å². The lowest BCUT2D eigenvalue weighted by atomic mass is 10.1. The number of carbonyl (C=O) groups excluding carboxylic acids is 2. The molecule has 0 N–H and O–H groups in total. The van der Waals surface area contributed by atoms with Crippen molar-refractivity contribution in [3.8, 4) is 0 Å². The van der Waals surface area contributed by atoms with E-state index in [1.54, 1.807) is 6.92 Å². The maximum absolute atomic E-state index is 11.8. The van der Waals surface area contributed by atoms with Gasteiger partial charge < -0.3 is 0 Å². The van der Waals surface area contributed by atoms with Gasteiger partial charge in [0.25, 0.3) is 0 Å². The van der Waals surface area contributed by atoms with Crippen molar-refractivity contribution in [2.75, 3.05) is 0 Å². The molecular formula is C9H7F3O2S. The number of halogens is 3. The first kappa shape index (κ1) is 11.9. The van der Waals surface area contributed by atoms with E-state index in [4.69, 9.17) is 0 Å². The molecule has 0 bridgehead atoms. The molecule has 0 aliphatic heterocycles. The topological polar surface area (TPSA) is 34.1 Å². The molecule has 0 unspecified atom stereocenters. The fraction of sp³-hybridized carbons (Fsp3) is 0.333. The van der Waals surface area contributed by atoms with Gasteiger partial charge in [-0.3, -0.25) is 9.59 Å². The molecule has 2 nitrogen and oxygen atoms in total. The van der Waals surface area contributed by atoms with E-state index in [2.05, 4.69) is 0 Å². The lowest BCUT2D eigenvalue weighted by Crippen LogP contribution is -2.25. The molecule has 0 amide bonds. The highest BCUT2D eigenvalue weighted by atomic mass is 32.1. The van der Waals surface area contributed by atoms with Crippen molar-refractivity contribution in [1.82, 2.24) is 0 Å². The number of carbonyl (C=O) groups is 2. The number of hydrogen-bond donors (Lipinski definition) is 0. The van der Waals surface area contributed by atoms with Crippen molar-refractivity contribution in [2.45, 2.75) is 19.5 Å². The van der Waals surface area contributed by atoms with E-state index in [1.807, 2.05) is 0 Å². The van der Waals surface area contributed by atoms with Gasteiger partial charge in [0, 0.05) is 15.8 Å². The van der Waals surface area contributed by atoms with Gasteiger partial charge in [-0.1, -0.05) is 0 Å². The Hall–Kier alpha value is -1.17. The molecule has 1 aromatic heterocycles. The van der Waals surface area contributed by atoms with Gasteiger partial charge in [0.2, 0.25) is 5.78 Å². The van der Waals surface area contributed by atoms with Crippen LogP contribution in [0.2, 0.25) is 0 Å². The highest BCUT2D eigenvalue weighted by Crippen LogP contribution is 2.21. The van der Waals surface area contributed by atoms with Crippen LogP contribution in [0.1, 0.15) is 21.7 Å². The van der Waals surface area contributed by atoms with Crippen LogP contribution in [0.5, 0.6) is 0 Å². The number of hydrogen-bond acceptors (Lipinski definition) is 3. The Morgan fingerprint density at radius 3 is 2.40 bits per heavy atom. The minimum Gasteiger partial charge on any atom is -0.294 e. The highest BCUT2D eigenvalue weighted by Gasteiger charge is 2.39. The molecule has 1 aromatic rings. The molecule has 15 heavy (non-hydrogen) atoms. The van der Waals surface area contributed by atoms with Gasteiger partial charge in [-0.05, 0) is 13.0 Å². The number of rotatable bonds is 3. The van der Waals surface area contributed by atoms with Crippen molar-refractivity contribution in [2.24, 2.45) is 0 Å². The van der Waals surface area contributed by atoms with Crippen molar-refractivity contribution in [3.63, 3.8) is 0 Å². The highest BCUT2D eigenvalue weighted by molar-refractivity contribution is 7.10. The molecule has 0 aliphatic carbocycles. The van der Waals surface area contributed by atoms with Gasteiger partial charge in [0.05, 0.1) is 6.42 Å². The summed E-state index contributed by atoms with van der Waals surface area (Å²) in [5.74, 6) is -2.79. The predicted molar refractivity (Wildman–Crippen MR) is 49.1 cm³/mol. The van der Waals surface area contributed by atoms with E-state index in [1.165, 1.54) is 22.8 Å². The van der Waals surface area contributed by atoms with Crippen molar-refractivity contribution < 1.29 is 22.8 Å². The summed E-state index contributed by atoms with van der Waals surface area (Å²) in [5.41, 5.74) is 0.162. The van der Waals surface area contributed by atoms with Crippen LogP contribution in [0.4, 0.5) is 13.2 Å². The first-order chi connectivity index (χ1) is 6.80. The van der Waals surface area contributed by atoms with E-state index in [0.717, 1.165) is 4.88 Å². The number of aryl methyl sites for hydroxylation is 1. The molecule has 82 valence electrons. The third kappa shape index (κ3) is 3.16. The summed E-state index contributed by atoms with van der Waals surface area (Å²) >= 11 is 1.25. The fourth-order valence-electron chi connectivity index (χ4n) is 0.938. The smallest absolute Gasteiger partial charge is 0.294 e. The maximum atomic E-state index is 11.8. The van der Waals surface area contributed by atoms with Gasteiger partial charge in [-0.25, -0.2) is 0 Å². The fourth-order valence-corrected chi connectivity index (χ4v) is 1.65. The number of Topliss-reactive ketones (excluding diaryl/α,β-unsaturated/α-hetero) is 2. The molecule has 1 rings (SSSR count).